The van der Waals surface area contributed by atoms with Crippen molar-refractivity contribution in [2.75, 3.05) is 14.2 Å². The predicted octanol–water partition coefficient (Wildman–Crippen LogP) is 0.541. The summed E-state index contributed by atoms with van der Waals surface area (Å²) in [5.41, 5.74) is -0.564. The van der Waals surface area contributed by atoms with Crippen molar-refractivity contribution in [1.29, 1.82) is 0 Å². The van der Waals surface area contributed by atoms with Gasteiger partial charge in [-0.1, -0.05) is 0 Å². The minimum absolute atomic E-state index is 0.351. The summed E-state index contributed by atoms with van der Waals surface area (Å²) in [5, 5.41) is 18.9. The smallest absolute Gasteiger partial charge is 0.337 e. The number of carbonyl (C=O) groups is 1. The van der Waals surface area contributed by atoms with E-state index >= 15 is 0 Å². The Hall–Kier alpha value is -1.73. The van der Waals surface area contributed by atoms with Crippen LogP contribution in [0, 0.1) is 11.6 Å². The number of ether oxygens (including phenoxy) is 2. The number of aliphatic hydroxyl groups excluding tert-OH is 2. The van der Waals surface area contributed by atoms with Crippen LogP contribution in [0.25, 0.3) is 0 Å². The van der Waals surface area contributed by atoms with Gasteiger partial charge in [0.1, 0.15) is 6.10 Å². The third kappa shape index (κ3) is 2.57. The molecule has 0 saturated heterocycles. The third-order valence-electron chi connectivity index (χ3n) is 2.36. The summed E-state index contributed by atoms with van der Waals surface area (Å²) in [6, 6.07) is 2.08. The first-order valence-electron chi connectivity index (χ1n) is 4.89. The van der Waals surface area contributed by atoms with E-state index in [0.29, 0.717) is 0 Å². The molecule has 0 aliphatic rings. The minimum atomic E-state index is -2.00. The van der Waals surface area contributed by atoms with Gasteiger partial charge in [-0.25, -0.2) is 9.18 Å². The molecule has 0 aliphatic carbocycles. The highest BCUT2D eigenvalue weighted by molar-refractivity contribution is 5.75. The van der Waals surface area contributed by atoms with Gasteiger partial charge in [0.25, 0.3) is 0 Å². The second-order valence-electron chi connectivity index (χ2n) is 3.40. The predicted molar refractivity (Wildman–Crippen MR) is 55.9 cm³/mol. The number of rotatable bonds is 4. The molecular weight excluding hydrogens is 250 g/mol. The number of carbonyl (C=O) groups excluding carboxylic acids is 1. The average molecular weight is 262 g/mol. The lowest BCUT2D eigenvalue weighted by atomic mass is 10.0. The van der Waals surface area contributed by atoms with E-state index in [9.17, 15) is 23.8 Å². The number of hydrogen-bond acceptors (Lipinski definition) is 5. The topological polar surface area (TPSA) is 76.0 Å². The highest BCUT2D eigenvalue weighted by Crippen LogP contribution is 2.28. The van der Waals surface area contributed by atoms with E-state index in [1.165, 1.54) is 0 Å². The molecule has 5 nitrogen and oxygen atoms in total. The molecule has 18 heavy (non-hydrogen) atoms. The summed E-state index contributed by atoms with van der Waals surface area (Å²) in [6.07, 6.45) is -3.94. The minimum Gasteiger partial charge on any atom is -0.494 e. The number of benzene rings is 1. The first kappa shape index (κ1) is 14.3. The molecule has 0 heterocycles. The van der Waals surface area contributed by atoms with Crippen LogP contribution in [0.1, 0.15) is 11.7 Å². The normalized spacial score (nSPS) is 13.9. The first-order chi connectivity index (χ1) is 8.43. The average Bonchev–Trinajstić information content (AvgIpc) is 2.39. The van der Waals surface area contributed by atoms with Crippen molar-refractivity contribution >= 4 is 5.97 Å². The van der Waals surface area contributed by atoms with Crippen LogP contribution in [0.2, 0.25) is 0 Å². The van der Waals surface area contributed by atoms with Crippen LogP contribution < -0.4 is 4.74 Å². The number of esters is 1. The molecule has 0 aromatic heterocycles. The molecule has 0 saturated carbocycles. The zero-order chi connectivity index (χ0) is 13.9. The third-order valence-corrected chi connectivity index (χ3v) is 2.36. The van der Waals surface area contributed by atoms with Crippen molar-refractivity contribution in [2.45, 2.75) is 12.2 Å². The van der Waals surface area contributed by atoms with Gasteiger partial charge in [0.15, 0.2) is 17.7 Å². The lowest BCUT2D eigenvalue weighted by Gasteiger charge is -2.17. The van der Waals surface area contributed by atoms with Crippen molar-refractivity contribution in [2.24, 2.45) is 0 Å². The molecule has 1 aromatic rings. The Morgan fingerprint density at radius 1 is 1.22 bits per heavy atom. The van der Waals surface area contributed by atoms with Crippen molar-refractivity contribution in [3.05, 3.63) is 29.3 Å². The zero-order valence-corrected chi connectivity index (χ0v) is 9.68. The van der Waals surface area contributed by atoms with Gasteiger partial charge in [0.2, 0.25) is 5.82 Å². The van der Waals surface area contributed by atoms with Crippen LogP contribution in [-0.2, 0) is 9.53 Å². The fourth-order valence-corrected chi connectivity index (χ4v) is 1.35. The molecule has 1 rings (SSSR count). The van der Waals surface area contributed by atoms with E-state index in [0.717, 1.165) is 26.4 Å². The largest absolute Gasteiger partial charge is 0.494 e. The molecular formula is C11H12F2O5. The van der Waals surface area contributed by atoms with Crippen molar-refractivity contribution < 1.29 is 33.3 Å². The summed E-state index contributed by atoms with van der Waals surface area (Å²) in [7, 11) is 2.14. The SMILES string of the molecule is COC(=O)C(O)C(O)c1ccc(OC)c(F)c1F. The molecule has 7 heteroatoms. The maximum atomic E-state index is 13.5. The highest BCUT2D eigenvalue weighted by atomic mass is 19.2. The van der Waals surface area contributed by atoms with Gasteiger partial charge in [-0.2, -0.15) is 4.39 Å². The van der Waals surface area contributed by atoms with Gasteiger partial charge in [-0.15, -0.1) is 0 Å². The van der Waals surface area contributed by atoms with Gasteiger partial charge in [-0.3, -0.25) is 0 Å². The lowest BCUT2D eigenvalue weighted by Crippen LogP contribution is -2.29. The number of methoxy groups -OCH3 is 2. The Bertz CT molecular complexity index is 449. The van der Waals surface area contributed by atoms with E-state index < -0.39 is 35.4 Å². The maximum absolute atomic E-state index is 13.5. The summed E-state index contributed by atoms with van der Waals surface area (Å²) >= 11 is 0. The summed E-state index contributed by atoms with van der Waals surface area (Å²) in [6.45, 7) is 0. The maximum Gasteiger partial charge on any atom is 0.337 e. The fraction of sp³-hybridized carbons (Fsp3) is 0.364. The zero-order valence-electron chi connectivity index (χ0n) is 9.68. The van der Waals surface area contributed by atoms with E-state index in [-0.39, 0.29) is 5.75 Å². The number of hydrogen-bond donors (Lipinski definition) is 2. The number of aliphatic hydroxyl groups is 2. The molecule has 2 unspecified atom stereocenters. The van der Waals surface area contributed by atoms with Crippen LogP contribution in [-0.4, -0.2) is 36.5 Å². The Labute approximate surface area is 102 Å². The molecule has 0 spiro atoms. The summed E-state index contributed by atoms with van der Waals surface area (Å²) in [4.78, 5) is 11.0. The Balaban J connectivity index is 3.11. The van der Waals surface area contributed by atoms with E-state index in [2.05, 4.69) is 9.47 Å². The van der Waals surface area contributed by atoms with E-state index in [4.69, 9.17) is 0 Å². The lowest BCUT2D eigenvalue weighted by molar-refractivity contribution is -0.156. The van der Waals surface area contributed by atoms with Gasteiger partial charge >= 0.3 is 5.97 Å². The Kier molecular flexibility index (Phi) is 4.57. The molecule has 0 aliphatic heterocycles. The fourth-order valence-electron chi connectivity index (χ4n) is 1.35. The second-order valence-corrected chi connectivity index (χ2v) is 3.40. The van der Waals surface area contributed by atoms with Crippen LogP contribution in [0.3, 0.4) is 0 Å². The van der Waals surface area contributed by atoms with Crippen LogP contribution in [0.5, 0.6) is 5.75 Å². The molecule has 0 fully saturated rings. The quantitative estimate of drug-likeness (QED) is 0.774. The van der Waals surface area contributed by atoms with Gasteiger partial charge in [0.05, 0.1) is 14.2 Å². The Morgan fingerprint density at radius 2 is 1.83 bits per heavy atom. The first-order valence-corrected chi connectivity index (χ1v) is 4.89. The van der Waals surface area contributed by atoms with Crippen LogP contribution in [0.4, 0.5) is 8.78 Å². The van der Waals surface area contributed by atoms with Gasteiger partial charge in [0, 0.05) is 5.56 Å². The monoisotopic (exact) mass is 262 g/mol. The summed E-state index contributed by atoms with van der Waals surface area (Å²) in [5.74, 6) is -4.22. The molecule has 0 bridgehead atoms. The highest BCUT2D eigenvalue weighted by Gasteiger charge is 2.30. The van der Waals surface area contributed by atoms with Crippen LogP contribution >= 0.6 is 0 Å². The molecule has 1 aromatic carbocycles. The Morgan fingerprint density at radius 3 is 2.33 bits per heavy atom. The van der Waals surface area contributed by atoms with E-state index in [1.807, 2.05) is 0 Å². The van der Waals surface area contributed by atoms with E-state index in [1.54, 1.807) is 0 Å². The standard InChI is InChI=1S/C11H12F2O5/c1-17-6-4-3-5(7(12)8(6)13)9(14)10(15)11(16)18-2/h3-4,9-10,14-15H,1-2H3. The molecule has 0 amide bonds. The van der Waals surface area contributed by atoms with Crippen molar-refractivity contribution in [3.8, 4) is 5.75 Å². The molecule has 2 N–H and O–H groups in total. The molecule has 2 atom stereocenters. The molecule has 0 radical (unpaired) electrons. The van der Waals surface area contributed by atoms with Crippen molar-refractivity contribution in [1.82, 2.24) is 0 Å². The number of halogens is 2. The second kappa shape index (κ2) is 5.74. The van der Waals surface area contributed by atoms with Gasteiger partial charge < -0.3 is 19.7 Å². The molecule has 100 valence electrons. The van der Waals surface area contributed by atoms with Crippen LogP contribution in [0.15, 0.2) is 12.1 Å². The van der Waals surface area contributed by atoms with Gasteiger partial charge in [-0.05, 0) is 12.1 Å². The van der Waals surface area contributed by atoms with Crippen molar-refractivity contribution in [3.63, 3.8) is 0 Å². The summed E-state index contributed by atoms with van der Waals surface area (Å²) < 4.78 is 35.6.